The van der Waals surface area contributed by atoms with Gasteiger partial charge in [-0.05, 0) is 0 Å². The predicted molar refractivity (Wildman–Crippen MR) is 45.0 cm³/mol. The van der Waals surface area contributed by atoms with E-state index in [2.05, 4.69) is 6.58 Å². The summed E-state index contributed by atoms with van der Waals surface area (Å²) in [6, 6.07) is 0. The van der Waals surface area contributed by atoms with Gasteiger partial charge >= 0.3 is 0 Å². The Morgan fingerprint density at radius 1 is 1.21 bits per heavy atom. The fourth-order valence-corrected chi connectivity index (χ4v) is 1.27. The molecule has 6 nitrogen and oxygen atoms in total. The molecule has 0 aromatic heterocycles. The molecular weight excluding hydrogens is 192 g/mol. The summed E-state index contributed by atoms with van der Waals surface area (Å²) in [6.07, 6.45) is -5.16. The summed E-state index contributed by atoms with van der Waals surface area (Å²) >= 11 is 0. The second-order valence-electron chi connectivity index (χ2n) is 3.00. The van der Waals surface area contributed by atoms with Gasteiger partial charge in [0.05, 0.1) is 12.9 Å². The Hall–Kier alpha value is -0.660. The van der Waals surface area contributed by atoms with E-state index in [1.165, 1.54) is 0 Å². The Morgan fingerprint density at radius 2 is 1.86 bits per heavy atom. The summed E-state index contributed by atoms with van der Waals surface area (Å²) in [7, 11) is 0. The largest absolute Gasteiger partial charge is 0.470 e. The van der Waals surface area contributed by atoms with Crippen molar-refractivity contribution in [1.29, 1.82) is 0 Å². The van der Waals surface area contributed by atoms with Crippen molar-refractivity contribution in [3.63, 3.8) is 0 Å². The second kappa shape index (κ2) is 4.72. The average Bonchev–Trinajstić information content (AvgIpc) is 2.19. The van der Waals surface area contributed by atoms with Crippen molar-refractivity contribution < 1.29 is 29.9 Å². The molecule has 0 radical (unpaired) electrons. The van der Waals surface area contributed by atoms with E-state index in [0.717, 1.165) is 6.26 Å². The lowest BCUT2D eigenvalue weighted by molar-refractivity contribution is -0.287. The minimum atomic E-state index is -1.41. The monoisotopic (exact) mass is 206 g/mol. The van der Waals surface area contributed by atoms with Gasteiger partial charge in [-0.3, -0.25) is 0 Å². The highest BCUT2D eigenvalue weighted by Gasteiger charge is 2.44. The molecule has 1 fully saturated rings. The smallest absolute Gasteiger partial charge is 0.228 e. The maximum absolute atomic E-state index is 9.36. The summed E-state index contributed by atoms with van der Waals surface area (Å²) in [5.74, 6) is 0. The van der Waals surface area contributed by atoms with Crippen LogP contribution in [-0.2, 0) is 9.47 Å². The molecular formula is C8H14O6. The summed E-state index contributed by atoms with van der Waals surface area (Å²) < 4.78 is 9.72. The number of aliphatic hydroxyl groups excluding tert-OH is 4. The standard InChI is InChI=1S/C8H14O6/c1-2-13-8-7(12)6(11)5(10)4(3-9)14-8/h2,4-12H,1,3H2/t4?,5-,6?,7?,8+/m0/s1. The van der Waals surface area contributed by atoms with Crippen LogP contribution in [0.15, 0.2) is 12.8 Å². The van der Waals surface area contributed by atoms with E-state index in [-0.39, 0.29) is 0 Å². The van der Waals surface area contributed by atoms with Crippen molar-refractivity contribution >= 4 is 0 Å². The van der Waals surface area contributed by atoms with Crippen LogP contribution in [0.1, 0.15) is 0 Å². The van der Waals surface area contributed by atoms with Crippen molar-refractivity contribution in [2.75, 3.05) is 6.61 Å². The van der Waals surface area contributed by atoms with E-state index in [1.807, 2.05) is 0 Å². The van der Waals surface area contributed by atoms with Gasteiger partial charge in [0.15, 0.2) is 0 Å². The van der Waals surface area contributed by atoms with Crippen molar-refractivity contribution in [1.82, 2.24) is 0 Å². The topological polar surface area (TPSA) is 99.4 Å². The third-order valence-electron chi connectivity index (χ3n) is 2.08. The van der Waals surface area contributed by atoms with Crippen LogP contribution in [0.3, 0.4) is 0 Å². The van der Waals surface area contributed by atoms with Crippen LogP contribution in [0.4, 0.5) is 0 Å². The first-order chi connectivity index (χ1) is 6.61. The molecule has 4 N–H and O–H groups in total. The van der Waals surface area contributed by atoms with Gasteiger partial charge in [-0.15, -0.1) is 0 Å². The lowest BCUT2D eigenvalue weighted by Crippen LogP contribution is -2.58. The summed E-state index contributed by atoms with van der Waals surface area (Å²) in [5.41, 5.74) is 0. The Kier molecular flexibility index (Phi) is 3.85. The highest BCUT2D eigenvalue weighted by molar-refractivity contribution is 4.89. The minimum Gasteiger partial charge on any atom is -0.470 e. The fraction of sp³-hybridized carbons (Fsp3) is 0.750. The third kappa shape index (κ3) is 2.05. The maximum atomic E-state index is 9.36. The number of aliphatic hydroxyl groups is 4. The van der Waals surface area contributed by atoms with Crippen molar-refractivity contribution in [3.8, 4) is 0 Å². The first-order valence-corrected chi connectivity index (χ1v) is 4.18. The molecule has 1 aliphatic rings. The molecule has 0 bridgehead atoms. The molecule has 5 atom stereocenters. The van der Waals surface area contributed by atoms with E-state index in [9.17, 15) is 15.3 Å². The molecule has 14 heavy (non-hydrogen) atoms. The molecule has 3 unspecified atom stereocenters. The first kappa shape index (κ1) is 11.4. The Morgan fingerprint density at radius 3 is 2.36 bits per heavy atom. The Balaban J connectivity index is 2.67. The molecule has 0 amide bonds. The molecule has 1 saturated heterocycles. The van der Waals surface area contributed by atoms with E-state index < -0.39 is 37.3 Å². The van der Waals surface area contributed by atoms with Crippen molar-refractivity contribution in [2.45, 2.75) is 30.7 Å². The van der Waals surface area contributed by atoms with Crippen LogP contribution < -0.4 is 0 Å². The summed E-state index contributed by atoms with van der Waals surface area (Å²) in [6.45, 7) is 2.79. The highest BCUT2D eigenvalue weighted by Crippen LogP contribution is 2.21. The fourth-order valence-electron chi connectivity index (χ4n) is 1.27. The van der Waals surface area contributed by atoms with E-state index in [1.54, 1.807) is 0 Å². The van der Waals surface area contributed by atoms with Gasteiger partial charge in [0, 0.05) is 0 Å². The number of ether oxygens (including phenoxy) is 2. The van der Waals surface area contributed by atoms with Crippen LogP contribution in [0, 0.1) is 0 Å². The van der Waals surface area contributed by atoms with Crippen LogP contribution in [0.25, 0.3) is 0 Å². The van der Waals surface area contributed by atoms with Gasteiger partial charge in [0.2, 0.25) is 6.29 Å². The van der Waals surface area contributed by atoms with Crippen LogP contribution in [0.5, 0.6) is 0 Å². The molecule has 6 heteroatoms. The quantitative estimate of drug-likeness (QED) is 0.396. The van der Waals surface area contributed by atoms with Gasteiger partial charge in [0.1, 0.15) is 24.4 Å². The molecule has 1 rings (SSSR count). The first-order valence-electron chi connectivity index (χ1n) is 4.18. The van der Waals surface area contributed by atoms with Gasteiger partial charge < -0.3 is 29.9 Å². The molecule has 0 spiro atoms. The predicted octanol–water partition coefficient (Wildman–Crippen LogP) is -2.05. The number of hydrogen-bond donors (Lipinski definition) is 4. The number of rotatable bonds is 3. The SMILES string of the molecule is C=CO[C@@H]1OC(CO)[C@H](O)C(O)C1O. The van der Waals surface area contributed by atoms with E-state index >= 15 is 0 Å². The maximum Gasteiger partial charge on any atom is 0.228 e. The van der Waals surface area contributed by atoms with Gasteiger partial charge in [-0.1, -0.05) is 6.58 Å². The molecule has 0 saturated carbocycles. The van der Waals surface area contributed by atoms with Crippen molar-refractivity contribution in [3.05, 3.63) is 12.8 Å². The van der Waals surface area contributed by atoms with E-state index in [0.29, 0.717) is 0 Å². The zero-order chi connectivity index (χ0) is 10.7. The second-order valence-corrected chi connectivity index (χ2v) is 3.00. The zero-order valence-corrected chi connectivity index (χ0v) is 7.48. The van der Waals surface area contributed by atoms with Crippen LogP contribution >= 0.6 is 0 Å². The molecule has 1 aliphatic heterocycles. The lowest BCUT2D eigenvalue weighted by atomic mass is 9.99. The summed E-state index contributed by atoms with van der Waals surface area (Å²) in [5, 5.41) is 36.8. The normalized spacial score (nSPS) is 43.3. The third-order valence-corrected chi connectivity index (χ3v) is 2.08. The lowest BCUT2D eigenvalue weighted by Gasteiger charge is -2.38. The van der Waals surface area contributed by atoms with Gasteiger partial charge in [0.25, 0.3) is 0 Å². The molecule has 0 aromatic rings. The van der Waals surface area contributed by atoms with Crippen molar-refractivity contribution in [2.24, 2.45) is 0 Å². The minimum absolute atomic E-state index is 0.470. The average molecular weight is 206 g/mol. The van der Waals surface area contributed by atoms with Gasteiger partial charge in [-0.25, -0.2) is 0 Å². The van der Waals surface area contributed by atoms with Crippen LogP contribution in [0.2, 0.25) is 0 Å². The Bertz CT molecular complexity index is 194. The highest BCUT2D eigenvalue weighted by atomic mass is 16.7. The van der Waals surface area contributed by atoms with Gasteiger partial charge in [-0.2, -0.15) is 0 Å². The molecule has 1 heterocycles. The van der Waals surface area contributed by atoms with Crippen LogP contribution in [-0.4, -0.2) is 57.7 Å². The zero-order valence-electron chi connectivity index (χ0n) is 7.48. The summed E-state index contributed by atoms with van der Waals surface area (Å²) in [4.78, 5) is 0. The number of hydrogen-bond acceptors (Lipinski definition) is 6. The molecule has 0 aliphatic carbocycles. The molecule has 82 valence electrons. The Labute approximate surface area is 81.0 Å². The van der Waals surface area contributed by atoms with E-state index in [4.69, 9.17) is 14.6 Å². The molecule has 0 aromatic carbocycles.